The zero-order chi connectivity index (χ0) is 13.1. The number of anilines is 1. The summed E-state index contributed by atoms with van der Waals surface area (Å²) in [5.74, 6) is -0.595. The number of carbonyl (C=O) groups is 3. The smallest absolute Gasteiger partial charge is 0.289 e. The van der Waals surface area contributed by atoms with Crippen LogP contribution in [-0.2, 0) is 9.59 Å². The largest absolute Gasteiger partial charge is 0.325 e. The summed E-state index contributed by atoms with van der Waals surface area (Å²) in [6.07, 6.45) is 0. The maximum Gasteiger partial charge on any atom is 0.289 e. The van der Waals surface area contributed by atoms with Crippen molar-refractivity contribution in [2.75, 3.05) is 17.6 Å². The third kappa shape index (κ3) is 3.11. The Morgan fingerprint density at radius 3 is 2.56 bits per heavy atom. The van der Waals surface area contributed by atoms with Crippen molar-refractivity contribution in [3.8, 4) is 0 Å². The average Bonchev–Trinajstić information content (AvgIpc) is 2.64. The van der Waals surface area contributed by atoms with E-state index in [1.54, 1.807) is 24.3 Å². The molecule has 0 bridgehead atoms. The number of halogens is 1. The number of thioether (sulfide) groups is 1. The van der Waals surface area contributed by atoms with Crippen LogP contribution in [0.1, 0.15) is 0 Å². The topological polar surface area (TPSA) is 66.5 Å². The Morgan fingerprint density at radius 1 is 1.33 bits per heavy atom. The van der Waals surface area contributed by atoms with Gasteiger partial charge in [-0.1, -0.05) is 27.7 Å². The second kappa shape index (κ2) is 5.53. The molecule has 18 heavy (non-hydrogen) atoms. The molecule has 7 heteroatoms. The van der Waals surface area contributed by atoms with Gasteiger partial charge in [-0.05, 0) is 24.3 Å². The highest BCUT2D eigenvalue weighted by Crippen LogP contribution is 2.19. The van der Waals surface area contributed by atoms with Crippen LogP contribution in [-0.4, -0.2) is 34.3 Å². The molecular weight excluding hydrogens is 320 g/mol. The summed E-state index contributed by atoms with van der Waals surface area (Å²) < 4.78 is 0.904. The van der Waals surface area contributed by atoms with Crippen LogP contribution in [0.2, 0.25) is 0 Å². The molecule has 1 aliphatic heterocycles. The Balaban J connectivity index is 1.94. The van der Waals surface area contributed by atoms with Crippen molar-refractivity contribution in [2.45, 2.75) is 0 Å². The lowest BCUT2D eigenvalue weighted by Crippen LogP contribution is -2.36. The second-order valence-electron chi connectivity index (χ2n) is 3.59. The Hall–Kier alpha value is -1.34. The highest BCUT2D eigenvalue weighted by Gasteiger charge is 2.31. The van der Waals surface area contributed by atoms with Crippen molar-refractivity contribution in [3.63, 3.8) is 0 Å². The van der Waals surface area contributed by atoms with Crippen molar-refractivity contribution >= 4 is 50.4 Å². The van der Waals surface area contributed by atoms with E-state index in [-0.39, 0.29) is 29.4 Å². The molecule has 1 N–H and O–H groups in total. The van der Waals surface area contributed by atoms with E-state index in [9.17, 15) is 14.4 Å². The van der Waals surface area contributed by atoms with Gasteiger partial charge in [-0.25, -0.2) is 0 Å². The number of hydrogen-bond acceptors (Lipinski definition) is 4. The molecule has 5 nitrogen and oxygen atoms in total. The zero-order valence-electron chi connectivity index (χ0n) is 9.18. The number of nitrogens with one attached hydrogen (secondary N) is 1. The molecule has 0 aliphatic carbocycles. The summed E-state index contributed by atoms with van der Waals surface area (Å²) in [4.78, 5) is 35.2. The van der Waals surface area contributed by atoms with Crippen LogP contribution in [0, 0.1) is 0 Å². The SMILES string of the molecule is O=C(CN1C(=O)CSC1=O)Nc1ccc(Br)cc1. The van der Waals surface area contributed by atoms with E-state index in [2.05, 4.69) is 21.2 Å². The number of imide groups is 1. The van der Waals surface area contributed by atoms with Crippen LogP contribution in [0.25, 0.3) is 0 Å². The van der Waals surface area contributed by atoms with Gasteiger partial charge in [-0.15, -0.1) is 0 Å². The molecule has 1 heterocycles. The van der Waals surface area contributed by atoms with Crippen molar-refractivity contribution < 1.29 is 14.4 Å². The molecule has 0 aromatic heterocycles. The highest BCUT2D eigenvalue weighted by atomic mass is 79.9. The van der Waals surface area contributed by atoms with E-state index in [1.807, 2.05) is 0 Å². The fourth-order valence-corrected chi connectivity index (χ4v) is 2.40. The summed E-state index contributed by atoms with van der Waals surface area (Å²) >= 11 is 4.20. The Bertz CT molecular complexity index is 488. The molecule has 2 rings (SSSR count). The first-order valence-corrected chi connectivity index (χ1v) is 6.86. The molecule has 1 aromatic rings. The minimum absolute atomic E-state index is 0.115. The van der Waals surface area contributed by atoms with E-state index in [1.165, 1.54) is 0 Å². The third-order valence-corrected chi connectivity index (χ3v) is 3.66. The molecule has 0 saturated carbocycles. The van der Waals surface area contributed by atoms with Gasteiger partial charge in [0.15, 0.2) is 0 Å². The molecular formula is C11H9BrN2O3S. The van der Waals surface area contributed by atoms with E-state index < -0.39 is 0 Å². The van der Waals surface area contributed by atoms with Crippen molar-refractivity contribution in [1.82, 2.24) is 4.90 Å². The number of amides is 3. The molecule has 1 aromatic carbocycles. The number of carbonyl (C=O) groups excluding carboxylic acids is 3. The summed E-state index contributed by atoms with van der Waals surface area (Å²) in [6, 6.07) is 7.03. The van der Waals surface area contributed by atoms with Gasteiger partial charge in [0, 0.05) is 10.2 Å². The lowest BCUT2D eigenvalue weighted by molar-refractivity contribution is -0.128. The van der Waals surface area contributed by atoms with Crippen molar-refractivity contribution in [2.24, 2.45) is 0 Å². The second-order valence-corrected chi connectivity index (χ2v) is 5.43. The van der Waals surface area contributed by atoms with Gasteiger partial charge in [-0.3, -0.25) is 19.3 Å². The Morgan fingerprint density at radius 2 is 2.00 bits per heavy atom. The van der Waals surface area contributed by atoms with Crippen LogP contribution in [0.15, 0.2) is 28.7 Å². The number of benzene rings is 1. The molecule has 1 aliphatic rings. The molecule has 0 unspecified atom stereocenters. The highest BCUT2D eigenvalue weighted by molar-refractivity contribution is 9.10. The average molecular weight is 329 g/mol. The minimum atomic E-state index is -0.387. The molecule has 94 valence electrons. The van der Waals surface area contributed by atoms with Crippen LogP contribution < -0.4 is 5.32 Å². The molecule has 1 fully saturated rings. The lowest BCUT2D eigenvalue weighted by Gasteiger charge is -2.12. The van der Waals surface area contributed by atoms with Gasteiger partial charge in [0.05, 0.1) is 5.75 Å². The first-order chi connectivity index (χ1) is 8.56. The Kier molecular flexibility index (Phi) is 4.03. The monoisotopic (exact) mass is 328 g/mol. The summed E-state index contributed by atoms with van der Waals surface area (Å²) in [6.45, 7) is -0.235. The van der Waals surface area contributed by atoms with Gasteiger partial charge >= 0.3 is 0 Å². The fraction of sp³-hybridized carbons (Fsp3) is 0.182. The first-order valence-electron chi connectivity index (χ1n) is 5.09. The van der Waals surface area contributed by atoms with Gasteiger partial charge in [0.1, 0.15) is 6.54 Å². The van der Waals surface area contributed by atoms with Crippen molar-refractivity contribution in [3.05, 3.63) is 28.7 Å². The summed E-state index contributed by atoms with van der Waals surface area (Å²) in [7, 11) is 0. The third-order valence-electron chi connectivity index (χ3n) is 2.27. The van der Waals surface area contributed by atoms with Crippen LogP contribution in [0.3, 0.4) is 0 Å². The Labute approximate surface area is 116 Å². The van der Waals surface area contributed by atoms with Gasteiger partial charge in [0.25, 0.3) is 5.24 Å². The minimum Gasteiger partial charge on any atom is -0.325 e. The zero-order valence-corrected chi connectivity index (χ0v) is 11.6. The molecule has 3 amide bonds. The lowest BCUT2D eigenvalue weighted by atomic mass is 10.3. The maximum atomic E-state index is 11.7. The predicted octanol–water partition coefficient (Wildman–Crippen LogP) is 2.08. The molecule has 0 radical (unpaired) electrons. The molecule has 0 spiro atoms. The van der Waals surface area contributed by atoms with Crippen LogP contribution >= 0.6 is 27.7 Å². The van der Waals surface area contributed by atoms with E-state index in [0.29, 0.717) is 5.69 Å². The normalized spacial score (nSPS) is 15.1. The van der Waals surface area contributed by atoms with Gasteiger partial charge in [0.2, 0.25) is 11.8 Å². The number of rotatable bonds is 3. The summed E-state index contributed by atoms with van der Waals surface area (Å²) in [5, 5.41) is 2.25. The number of nitrogens with zero attached hydrogens (tertiary/aromatic N) is 1. The first kappa shape index (κ1) is 13.1. The number of hydrogen-bond donors (Lipinski definition) is 1. The summed E-state index contributed by atoms with van der Waals surface area (Å²) in [5.41, 5.74) is 0.620. The van der Waals surface area contributed by atoms with E-state index >= 15 is 0 Å². The van der Waals surface area contributed by atoms with Gasteiger partial charge < -0.3 is 5.32 Å². The van der Waals surface area contributed by atoms with Crippen molar-refractivity contribution in [1.29, 1.82) is 0 Å². The quantitative estimate of drug-likeness (QED) is 0.922. The fourth-order valence-electron chi connectivity index (χ4n) is 1.41. The van der Waals surface area contributed by atoms with E-state index in [0.717, 1.165) is 21.1 Å². The van der Waals surface area contributed by atoms with E-state index in [4.69, 9.17) is 0 Å². The predicted molar refractivity (Wildman–Crippen MR) is 72.3 cm³/mol. The van der Waals surface area contributed by atoms with Crippen LogP contribution in [0.5, 0.6) is 0 Å². The maximum absolute atomic E-state index is 11.7. The van der Waals surface area contributed by atoms with Crippen LogP contribution in [0.4, 0.5) is 10.5 Å². The standard InChI is InChI=1S/C11H9BrN2O3S/c12-7-1-3-8(4-2-7)13-9(15)5-14-10(16)6-18-11(14)17/h1-4H,5-6H2,(H,13,15). The van der Waals surface area contributed by atoms with Gasteiger partial charge in [-0.2, -0.15) is 0 Å². The molecule has 1 saturated heterocycles. The molecule has 0 atom stereocenters.